The number of hydrogen-bond donors (Lipinski definition) is 2. The molecule has 2 heterocycles. The highest BCUT2D eigenvalue weighted by molar-refractivity contribution is 5.81. The quantitative estimate of drug-likeness (QED) is 0.771. The van der Waals surface area contributed by atoms with Crippen LogP contribution in [0, 0.1) is 0 Å². The minimum absolute atomic E-state index is 0.575. The Morgan fingerprint density at radius 2 is 1.90 bits per heavy atom. The Bertz CT molecular complexity index is 733. The molecule has 0 aliphatic carbocycles. The molecule has 1 aromatic carbocycles. The van der Waals surface area contributed by atoms with Crippen LogP contribution < -0.4 is 5.73 Å². The van der Waals surface area contributed by atoms with Gasteiger partial charge in [-0.05, 0) is 37.4 Å². The summed E-state index contributed by atoms with van der Waals surface area (Å²) in [6.07, 6.45) is 3.72. The molecule has 21 heavy (non-hydrogen) atoms. The second-order valence-corrected chi connectivity index (χ2v) is 5.67. The second-order valence-electron chi connectivity index (χ2n) is 5.67. The summed E-state index contributed by atoms with van der Waals surface area (Å²) in [7, 11) is 4.08. The van der Waals surface area contributed by atoms with Crippen LogP contribution in [0.1, 0.15) is 11.1 Å². The average molecular weight is 280 g/mol. The van der Waals surface area contributed by atoms with Gasteiger partial charge >= 0.3 is 0 Å². The molecule has 0 spiro atoms. The molecular formula is C17H20N4. The Hall–Kier alpha value is -2.17. The lowest BCUT2D eigenvalue weighted by molar-refractivity contribution is 0.323. The van der Waals surface area contributed by atoms with Gasteiger partial charge in [-0.2, -0.15) is 0 Å². The van der Waals surface area contributed by atoms with Crippen LogP contribution in [0.15, 0.2) is 54.9 Å². The van der Waals surface area contributed by atoms with Crippen molar-refractivity contribution in [1.29, 1.82) is 0 Å². The van der Waals surface area contributed by atoms with Crippen molar-refractivity contribution in [2.75, 3.05) is 20.6 Å². The molecule has 3 aromatic rings. The Morgan fingerprint density at radius 1 is 1.14 bits per heavy atom. The molecule has 0 saturated carbocycles. The van der Waals surface area contributed by atoms with E-state index in [0.29, 0.717) is 0 Å². The Kier molecular flexibility index (Phi) is 3.49. The van der Waals surface area contributed by atoms with Crippen molar-refractivity contribution in [3.05, 3.63) is 66.0 Å². The maximum atomic E-state index is 6.88. The van der Waals surface area contributed by atoms with Crippen molar-refractivity contribution in [2.45, 2.75) is 5.54 Å². The van der Waals surface area contributed by atoms with Crippen LogP contribution >= 0.6 is 0 Å². The second kappa shape index (κ2) is 5.31. The fraction of sp³-hybridized carbons (Fsp3) is 0.235. The van der Waals surface area contributed by atoms with E-state index in [1.165, 1.54) is 0 Å². The van der Waals surface area contributed by atoms with Gasteiger partial charge < -0.3 is 15.6 Å². The normalized spacial score (nSPS) is 14.5. The van der Waals surface area contributed by atoms with Gasteiger partial charge in [0.05, 0.1) is 5.54 Å². The lowest BCUT2D eigenvalue weighted by atomic mass is 9.82. The molecule has 4 heteroatoms. The first kappa shape index (κ1) is 13.8. The SMILES string of the molecule is CN(C)CC(N)(c1ccccc1)c1ccnc2[nH]ccc12. The summed E-state index contributed by atoms with van der Waals surface area (Å²) in [6.45, 7) is 0.724. The fourth-order valence-corrected chi connectivity index (χ4v) is 2.92. The smallest absolute Gasteiger partial charge is 0.137 e. The zero-order chi connectivity index (χ0) is 14.9. The van der Waals surface area contributed by atoms with E-state index in [0.717, 1.165) is 28.7 Å². The zero-order valence-corrected chi connectivity index (χ0v) is 12.4. The van der Waals surface area contributed by atoms with Gasteiger partial charge in [0, 0.05) is 24.3 Å². The Morgan fingerprint density at radius 3 is 2.62 bits per heavy atom. The van der Waals surface area contributed by atoms with Crippen LogP contribution in [0.3, 0.4) is 0 Å². The average Bonchev–Trinajstić information content (AvgIpc) is 2.95. The van der Waals surface area contributed by atoms with Crippen LogP contribution in [0.4, 0.5) is 0 Å². The molecule has 0 amide bonds. The third kappa shape index (κ3) is 2.44. The van der Waals surface area contributed by atoms with E-state index in [-0.39, 0.29) is 0 Å². The fourth-order valence-electron chi connectivity index (χ4n) is 2.92. The number of H-pyrrole nitrogens is 1. The molecule has 0 radical (unpaired) electrons. The van der Waals surface area contributed by atoms with Crippen molar-refractivity contribution in [2.24, 2.45) is 5.73 Å². The Balaban J connectivity index is 2.22. The summed E-state index contributed by atoms with van der Waals surface area (Å²) < 4.78 is 0. The highest BCUT2D eigenvalue weighted by atomic mass is 15.1. The number of likely N-dealkylation sites (N-methyl/N-ethyl adjacent to an activating group) is 1. The van der Waals surface area contributed by atoms with Crippen molar-refractivity contribution in [3.63, 3.8) is 0 Å². The summed E-state index contributed by atoms with van der Waals surface area (Å²) in [5.74, 6) is 0. The van der Waals surface area contributed by atoms with E-state index >= 15 is 0 Å². The van der Waals surface area contributed by atoms with E-state index in [9.17, 15) is 0 Å². The minimum Gasteiger partial charge on any atom is -0.346 e. The van der Waals surface area contributed by atoms with Crippen LogP contribution in [0.2, 0.25) is 0 Å². The van der Waals surface area contributed by atoms with Gasteiger partial charge in [-0.25, -0.2) is 4.98 Å². The summed E-state index contributed by atoms with van der Waals surface area (Å²) in [5, 5.41) is 1.07. The van der Waals surface area contributed by atoms with E-state index < -0.39 is 5.54 Å². The first-order chi connectivity index (χ1) is 10.1. The number of nitrogens with two attached hydrogens (primary N) is 1. The summed E-state index contributed by atoms with van der Waals surface area (Å²) >= 11 is 0. The molecule has 0 aliphatic heterocycles. The molecule has 3 N–H and O–H groups in total. The number of nitrogens with zero attached hydrogens (tertiary/aromatic N) is 2. The summed E-state index contributed by atoms with van der Waals surface area (Å²) in [5.41, 5.74) is 9.38. The van der Waals surface area contributed by atoms with Crippen molar-refractivity contribution >= 4 is 11.0 Å². The van der Waals surface area contributed by atoms with Gasteiger partial charge in [0.15, 0.2) is 0 Å². The first-order valence-corrected chi connectivity index (χ1v) is 7.03. The van der Waals surface area contributed by atoms with Gasteiger partial charge in [0.2, 0.25) is 0 Å². The number of benzene rings is 1. The molecule has 1 atom stereocenters. The zero-order valence-electron chi connectivity index (χ0n) is 12.4. The lowest BCUT2D eigenvalue weighted by Crippen LogP contribution is -2.46. The van der Waals surface area contributed by atoms with Crippen molar-refractivity contribution < 1.29 is 0 Å². The molecule has 0 aliphatic rings. The topological polar surface area (TPSA) is 57.9 Å². The largest absolute Gasteiger partial charge is 0.346 e. The predicted molar refractivity (Wildman–Crippen MR) is 86.1 cm³/mol. The van der Waals surface area contributed by atoms with Crippen LogP contribution in [-0.4, -0.2) is 35.5 Å². The molecule has 3 rings (SSSR count). The highest BCUT2D eigenvalue weighted by Gasteiger charge is 2.32. The highest BCUT2D eigenvalue weighted by Crippen LogP contribution is 2.32. The predicted octanol–water partition coefficient (Wildman–Crippen LogP) is 2.33. The summed E-state index contributed by atoms with van der Waals surface area (Å²) in [6, 6.07) is 14.3. The molecule has 4 nitrogen and oxygen atoms in total. The van der Waals surface area contributed by atoms with E-state index in [1.54, 1.807) is 0 Å². The van der Waals surface area contributed by atoms with Gasteiger partial charge in [-0.3, -0.25) is 0 Å². The number of rotatable bonds is 4. The van der Waals surface area contributed by atoms with Gasteiger partial charge in [-0.1, -0.05) is 30.3 Å². The maximum absolute atomic E-state index is 6.88. The number of aromatic amines is 1. The number of aromatic nitrogens is 2. The number of hydrogen-bond acceptors (Lipinski definition) is 3. The summed E-state index contributed by atoms with van der Waals surface area (Å²) in [4.78, 5) is 9.64. The van der Waals surface area contributed by atoms with Crippen LogP contribution in [0.5, 0.6) is 0 Å². The third-order valence-corrected chi connectivity index (χ3v) is 3.80. The minimum atomic E-state index is -0.575. The van der Waals surface area contributed by atoms with E-state index in [4.69, 9.17) is 5.73 Å². The monoisotopic (exact) mass is 280 g/mol. The van der Waals surface area contributed by atoms with Crippen molar-refractivity contribution in [1.82, 2.24) is 14.9 Å². The standard InChI is InChI=1S/C17H20N4/c1-21(2)12-17(18,13-6-4-3-5-7-13)15-9-11-20-16-14(15)8-10-19-16/h3-11H,12,18H2,1-2H3,(H,19,20). The third-order valence-electron chi connectivity index (χ3n) is 3.80. The molecule has 0 saturated heterocycles. The van der Waals surface area contributed by atoms with Crippen molar-refractivity contribution in [3.8, 4) is 0 Å². The van der Waals surface area contributed by atoms with Crippen LogP contribution in [-0.2, 0) is 5.54 Å². The first-order valence-electron chi connectivity index (χ1n) is 7.03. The molecular weight excluding hydrogens is 260 g/mol. The molecule has 2 aromatic heterocycles. The molecule has 0 bridgehead atoms. The van der Waals surface area contributed by atoms with E-state index in [2.05, 4.69) is 27.0 Å². The van der Waals surface area contributed by atoms with Gasteiger partial charge in [0.25, 0.3) is 0 Å². The molecule has 108 valence electrons. The lowest BCUT2D eigenvalue weighted by Gasteiger charge is -2.34. The Labute approximate surface area is 124 Å². The van der Waals surface area contributed by atoms with Crippen LogP contribution in [0.25, 0.3) is 11.0 Å². The number of fused-ring (bicyclic) bond motifs is 1. The molecule has 0 fully saturated rings. The van der Waals surface area contributed by atoms with Gasteiger partial charge in [-0.15, -0.1) is 0 Å². The number of pyridine rings is 1. The molecule has 1 unspecified atom stereocenters. The number of nitrogens with one attached hydrogen (secondary N) is 1. The maximum Gasteiger partial charge on any atom is 0.137 e. The van der Waals surface area contributed by atoms with E-state index in [1.807, 2.05) is 56.8 Å². The van der Waals surface area contributed by atoms with Gasteiger partial charge in [0.1, 0.15) is 5.65 Å².